The number of imide groups is 1. The van der Waals surface area contributed by atoms with E-state index in [1.54, 1.807) is 41.3 Å². The Morgan fingerprint density at radius 3 is 2.52 bits per heavy atom. The lowest BCUT2D eigenvalue weighted by molar-refractivity contribution is 0.0987. The summed E-state index contributed by atoms with van der Waals surface area (Å²) in [5, 5.41) is 2.33. The second-order valence-electron chi connectivity index (χ2n) is 5.43. The van der Waals surface area contributed by atoms with Gasteiger partial charge in [-0.1, -0.05) is 23.7 Å². The van der Waals surface area contributed by atoms with Crippen LogP contribution in [0.25, 0.3) is 0 Å². The molecule has 0 bridgehead atoms. The van der Waals surface area contributed by atoms with Crippen molar-refractivity contribution in [2.45, 2.75) is 19.3 Å². The van der Waals surface area contributed by atoms with Crippen molar-refractivity contribution in [2.75, 3.05) is 18.0 Å². The van der Waals surface area contributed by atoms with Crippen molar-refractivity contribution in [3.05, 3.63) is 51.7 Å². The molecule has 0 saturated carbocycles. The average Bonchev–Trinajstić information content (AvgIpc) is 3.10. The minimum atomic E-state index is -0.308. The molecule has 1 fully saturated rings. The number of thiophene rings is 1. The smallest absolute Gasteiger partial charge is 0.324 e. The molecule has 1 aromatic heterocycles. The minimum Gasteiger partial charge on any atom is -0.324 e. The lowest BCUT2D eigenvalue weighted by Crippen LogP contribution is -2.48. The molecule has 0 unspecified atom stereocenters. The minimum absolute atomic E-state index is 0.273. The third-order valence-corrected chi connectivity index (χ3v) is 4.91. The van der Waals surface area contributed by atoms with Crippen molar-refractivity contribution in [2.24, 2.45) is 0 Å². The van der Waals surface area contributed by atoms with Gasteiger partial charge in [0.1, 0.15) is 0 Å². The summed E-state index contributed by atoms with van der Waals surface area (Å²) in [5.74, 6) is -0.308. The largest absolute Gasteiger partial charge is 0.331 e. The SMILES string of the molecule is O=C(c1cccs1)N(C(=O)N1CCCCC1)c1cccc(Cl)c1. The number of hydrogen-bond acceptors (Lipinski definition) is 3. The zero-order valence-electron chi connectivity index (χ0n) is 12.6. The third kappa shape index (κ3) is 3.57. The van der Waals surface area contributed by atoms with Gasteiger partial charge >= 0.3 is 6.03 Å². The van der Waals surface area contributed by atoms with E-state index < -0.39 is 0 Å². The Kier molecular flexibility index (Phi) is 4.98. The number of amides is 3. The molecule has 1 aromatic carbocycles. The summed E-state index contributed by atoms with van der Waals surface area (Å²) in [6.07, 6.45) is 3.07. The van der Waals surface area contributed by atoms with Gasteiger partial charge in [-0.2, -0.15) is 0 Å². The maximum atomic E-state index is 12.9. The van der Waals surface area contributed by atoms with Gasteiger partial charge in [0.05, 0.1) is 10.6 Å². The Morgan fingerprint density at radius 1 is 1.09 bits per heavy atom. The number of likely N-dealkylation sites (tertiary alicyclic amines) is 1. The molecular weight excluding hydrogens is 332 g/mol. The number of carbonyl (C=O) groups is 2. The molecule has 120 valence electrons. The van der Waals surface area contributed by atoms with Crippen LogP contribution in [-0.2, 0) is 0 Å². The van der Waals surface area contributed by atoms with Crippen LogP contribution in [0.4, 0.5) is 10.5 Å². The summed E-state index contributed by atoms with van der Waals surface area (Å²) in [4.78, 5) is 29.3. The van der Waals surface area contributed by atoms with E-state index >= 15 is 0 Å². The van der Waals surface area contributed by atoms with Crippen LogP contribution in [0.2, 0.25) is 5.02 Å². The summed E-state index contributed by atoms with van der Waals surface area (Å²) in [7, 11) is 0. The molecule has 0 spiro atoms. The quantitative estimate of drug-likeness (QED) is 0.792. The van der Waals surface area contributed by atoms with Crippen LogP contribution >= 0.6 is 22.9 Å². The summed E-state index contributed by atoms with van der Waals surface area (Å²) >= 11 is 7.38. The zero-order valence-corrected chi connectivity index (χ0v) is 14.1. The van der Waals surface area contributed by atoms with Crippen LogP contribution < -0.4 is 4.90 Å². The fourth-order valence-corrected chi connectivity index (χ4v) is 3.50. The first-order chi connectivity index (χ1) is 11.2. The number of benzene rings is 1. The fraction of sp³-hybridized carbons (Fsp3) is 0.294. The normalized spacial score (nSPS) is 14.6. The second-order valence-corrected chi connectivity index (χ2v) is 6.81. The molecule has 0 N–H and O–H groups in total. The van der Waals surface area contributed by atoms with E-state index in [1.807, 2.05) is 5.38 Å². The fourth-order valence-electron chi connectivity index (χ4n) is 2.67. The number of carbonyl (C=O) groups excluding carboxylic acids is 2. The third-order valence-electron chi connectivity index (χ3n) is 3.82. The van der Waals surface area contributed by atoms with E-state index in [-0.39, 0.29) is 11.9 Å². The molecule has 0 atom stereocenters. The van der Waals surface area contributed by atoms with E-state index in [2.05, 4.69) is 0 Å². The molecule has 0 aliphatic carbocycles. The van der Waals surface area contributed by atoms with Crippen molar-refractivity contribution in [3.8, 4) is 0 Å². The van der Waals surface area contributed by atoms with Gasteiger partial charge in [-0.05, 0) is 48.9 Å². The summed E-state index contributed by atoms with van der Waals surface area (Å²) in [5.41, 5.74) is 0.506. The van der Waals surface area contributed by atoms with Gasteiger partial charge < -0.3 is 4.90 Å². The first-order valence-corrected chi connectivity index (χ1v) is 8.85. The highest BCUT2D eigenvalue weighted by atomic mass is 35.5. The Hall–Kier alpha value is -1.85. The molecular formula is C17H17ClN2O2S. The molecule has 3 amide bonds. The monoisotopic (exact) mass is 348 g/mol. The van der Waals surface area contributed by atoms with Crippen LogP contribution in [-0.4, -0.2) is 29.9 Å². The van der Waals surface area contributed by atoms with Gasteiger partial charge in [0.25, 0.3) is 5.91 Å². The predicted molar refractivity (Wildman–Crippen MR) is 93.4 cm³/mol. The molecule has 1 aliphatic heterocycles. The van der Waals surface area contributed by atoms with Crippen molar-refractivity contribution in [1.82, 2.24) is 4.90 Å². The number of nitrogens with zero attached hydrogens (tertiary/aromatic N) is 2. The summed E-state index contributed by atoms with van der Waals surface area (Å²) in [6, 6.07) is 10.1. The second kappa shape index (κ2) is 7.15. The number of halogens is 1. The number of piperidine rings is 1. The van der Waals surface area contributed by atoms with Crippen LogP contribution in [0.1, 0.15) is 28.9 Å². The topological polar surface area (TPSA) is 40.6 Å². The molecule has 1 aliphatic rings. The van der Waals surface area contributed by atoms with E-state index in [4.69, 9.17) is 11.6 Å². The average molecular weight is 349 g/mol. The molecule has 23 heavy (non-hydrogen) atoms. The number of anilines is 1. The Bertz CT molecular complexity index is 696. The Balaban J connectivity index is 1.95. The lowest BCUT2D eigenvalue weighted by atomic mass is 10.1. The van der Waals surface area contributed by atoms with E-state index in [0.717, 1.165) is 19.3 Å². The molecule has 4 nitrogen and oxygen atoms in total. The highest BCUT2D eigenvalue weighted by Gasteiger charge is 2.30. The lowest BCUT2D eigenvalue weighted by Gasteiger charge is -2.31. The van der Waals surface area contributed by atoms with Gasteiger partial charge in [-0.15, -0.1) is 11.3 Å². The molecule has 0 radical (unpaired) electrons. The van der Waals surface area contributed by atoms with E-state index in [9.17, 15) is 9.59 Å². The first-order valence-electron chi connectivity index (χ1n) is 7.59. The molecule has 2 aromatic rings. The molecule has 1 saturated heterocycles. The first kappa shape index (κ1) is 16.0. The van der Waals surface area contributed by atoms with Crippen LogP contribution in [0.3, 0.4) is 0 Å². The summed E-state index contributed by atoms with van der Waals surface area (Å²) in [6.45, 7) is 1.38. The molecule has 6 heteroatoms. The number of urea groups is 1. The van der Waals surface area contributed by atoms with Crippen molar-refractivity contribution < 1.29 is 9.59 Å². The predicted octanol–water partition coefficient (Wildman–Crippen LogP) is 4.65. The Labute approximate surface area is 144 Å². The Morgan fingerprint density at radius 2 is 1.87 bits per heavy atom. The van der Waals surface area contributed by atoms with Crippen LogP contribution in [0.5, 0.6) is 0 Å². The maximum Gasteiger partial charge on any atom is 0.331 e. The molecule has 3 rings (SSSR count). The number of rotatable bonds is 2. The van der Waals surface area contributed by atoms with Crippen LogP contribution in [0, 0.1) is 0 Å². The highest BCUT2D eigenvalue weighted by molar-refractivity contribution is 7.12. The van der Waals surface area contributed by atoms with Crippen molar-refractivity contribution in [1.29, 1.82) is 0 Å². The van der Waals surface area contributed by atoms with E-state index in [1.165, 1.54) is 16.2 Å². The number of hydrogen-bond donors (Lipinski definition) is 0. The zero-order chi connectivity index (χ0) is 16.2. The molecule has 2 heterocycles. The standard InChI is InChI=1S/C17H17ClN2O2S/c18-13-6-4-7-14(12-13)20(16(21)15-8-5-11-23-15)17(22)19-9-2-1-3-10-19/h4-8,11-12H,1-3,9-10H2. The van der Waals surface area contributed by atoms with Crippen LogP contribution in [0.15, 0.2) is 41.8 Å². The summed E-state index contributed by atoms with van der Waals surface area (Å²) < 4.78 is 0. The maximum absolute atomic E-state index is 12.9. The van der Waals surface area contributed by atoms with Crippen molar-refractivity contribution in [3.63, 3.8) is 0 Å². The van der Waals surface area contributed by atoms with Gasteiger partial charge in [0.15, 0.2) is 0 Å². The van der Waals surface area contributed by atoms with Gasteiger partial charge in [-0.25, -0.2) is 9.69 Å². The van der Waals surface area contributed by atoms with Gasteiger partial charge in [0, 0.05) is 18.1 Å². The van der Waals surface area contributed by atoms with Crippen molar-refractivity contribution >= 4 is 40.6 Å². The highest BCUT2D eigenvalue weighted by Crippen LogP contribution is 2.25. The van der Waals surface area contributed by atoms with Gasteiger partial charge in [-0.3, -0.25) is 4.79 Å². The van der Waals surface area contributed by atoms with E-state index in [0.29, 0.717) is 28.7 Å². The van der Waals surface area contributed by atoms with Gasteiger partial charge in [0.2, 0.25) is 0 Å².